The molecule has 0 spiro atoms. The van der Waals surface area contributed by atoms with Crippen molar-refractivity contribution in [3.63, 3.8) is 0 Å². The monoisotopic (exact) mass is 285 g/mol. The van der Waals surface area contributed by atoms with Gasteiger partial charge in [0, 0.05) is 13.7 Å². The average molecular weight is 285 g/mol. The van der Waals surface area contributed by atoms with Gasteiger partial charge < -0.3 is 29.4 Å². The fourth-order valence-corrected chi connectivity index (χ4v) is 1.93. The molecule has 0 amide bonds. The van der Waals surface area contributed by atoms with Crippen molar-refractivity contribution >= 4 is 0 Å². The van der Waals surface area contributed by atoms with Crippen LogP contribution in [-0.2, 0) is 4.74 Å². The largest absolute Gasteiger partial charge is 0.493 e. The van der Waals surface area contributed by atoms with Crippen molar-refractivity contribution in [2.45, 2.75) is 6.04 Å². The fraction of sp³-hybridized carbons (Fsp3) is 0.571. The standard InChI is InChI=1S/C14H23NO5/c1-17-6-5-15-11(9-16)10-7-12(18-2)14(20-4)13(8-10)19-3/h7-8,11,15-16H,5-6,9H2,1-4H3. The molecule has 0 bridgehead atoms. The first kappa shape index (κ1) is 16.6. The van der Waals surface area contributed by atoms with Crippen molar-refractivity contribution in [1.29, 1.82) is 0 Å². The smallest absolute Gasteiger partial charge is 0.203 e. The Morgan fingerprint density at radius 3 is 2.05 bits per heavy atom. The van der Waals surface area contributed by atoms with E-state index in [2.05, 4.69) is 5.32 Å². The molecule has 1 aromatic rings. The first-order chi connectivity index (χ1) is 9.71. The van der Waals surface area contributed by atoms with E-state index in [1.165, 1.54) is 0 Å². The zero-order chi connectivity index (χ0) is 15.0. The Morgan fingerprint density at radius 2 is 1.65 bits per heavy atom. The minimum Gasteiger partial charge on any atom is -0.493 e. The summed E-state index contributed by atoms with van der Waals surface area (Å²) in [5.74, 6) is 1.66. The van der Waals surface area contributed by atoms with Crippen LogP contribution in [0, 0.1) is 0 Å². The van der Waals surface area contributed by atoms with Crippen molar-refractivity contribution in [1.82, 2.24) is 5.32 Å². The molecule has 0 radical (unpaired) electrons. The predicted octanol–water partition coefficient (Wildman–Crippen LogP) is 0.982. The molecule has 0 aliphatic rings. The lowest BCUT2D eigenvalue weighted by Gasteiger charge is -2.20. The molecule has 6 heteroatoms. The molecule has 0 saturated carbocycles. The molecule has 1 unspecified atom stereocenters. The van der Waals surface area contributed by atoms with Crippen LogP contribution in [-0.4, -0.2) is 53.3 Å². The zero-order valence-corrected chi connectivity index (χ0v) is 12.4. The van der Waals surface area contributed by atoms with Gasteiger partial charge in [-0.1, -0.05) is 0 Å². The third-order valence-electron chi connectivity index (χ3n) is 2.97. The molecule has 1 atom stereocenters. The highest BCUT2D eigenvalue weighted by Gasteiger charge is 2.18. The lowest BCUT2D eigenvalue weighted by atomic mass is 10.1. The number of nitrogens with one attached hydrogen (secondary N) is 1. The fourth-order valence-electron chi connectivity index (χ4n) is 1.93. The van der Waals surface area contributed by atoms with E-state index >= 15 is 0 Å². The van der Waals surface area contributed by atoms with Crippen LogP contribution in [0.3, 0.4) is 0 Å². The third kappa shape index (κ3) is 4.00. The van der Waals surface area contributed by atoms with Crippen LogP contribution < -0.4 is 19.5 Å². The summed E-state index contributed by atoms with van der Waals surface area (Å²) < 4.78 is 20.9. The van der Waals surface area contributed by atoms with Crippen molar-refractivity contribution in [2.75, 3.05) is 48.2 Å². The summed E-state index contributed by atoms with van der Waals surface area (Å²) in [5.41, 5.74) is 0.859. The molecular formula is C14H23NO5. The number of benzene rings is 1. The lowest BCUT2D eigenvalue weighted by Crippen LogP contribution is -2.27. The van der Waals surface area contributed by atoms with Gasteiger partial charge in [0.15, 0.2) is 11.5 Å². The van der Waals surface area contributed by atoms with E-state index in [4.69, 9.17) is 18.9 Å². The SMILES string of the molecule is COCCNC(CO)c1cc(OC)c(OC)c(OC)c1. The van der Waals surface area contributed by atoms with Gasteiger partial charge in [0.1, 0.15) is 0 Å². The molecule has 0 aliphatic heterocycles. The van der Waals surface area contributed by atoms with Crippen LogP contribution in [0.2, 0.25) is 0 Å². The number of methoxy groups -OCH3 is 4. The van der Waals surface area contributed by atoms with Crippen LogP contribution in [0.4, 0.5) is 0 Å². The maximum absolute atomic E-state index is 9.52. The molecule has 0 aliphatic carbocycles. The van der Waals surface area contributed by atoms with Gasteiger partial charge in [0.2, 0.25) is 5.75 Å². The van der Waals surface area contributed by atoms with Gasteiger partial charge in [0.05, 0.1) is 40.6 Å². The summed E-state index contributed by atoms with van der Waals surface area (Å²) in [6.45, 7) is 1.17. The summed E-state index contributed by atoms with van der Waals surface area (Å²) >= 11 is 0. The molecular weight excluding hydrogens is 262 g/mol. The Balaban J connectivity index is 3.03. The molecule has 2 N–H and O–H groups in total. The molecule has 20 heavy (non-hydrogen) atoms. The van der Waals surface area contributed by atoms with E-state index in [0.717, 1.165) is 5.56 Å². The number of aliphatic hydroxyl groups is 1. The summed E-state index contributed by atoms with van der Waals surface area (Å²) in [4.78, 5) is 0. The molecule has 0 saturated heterocycles. The molecule has 6 nitrogen and oxygen atoms in total. The summed E-state index contributed by atoms with van der Waals surface area (Å²) in [5, 5.41) is 12.7. The van der Waals surface area contributed by atoms with Gasteiger partial charge in [0.25, 0.3) is 0 Å². The molecule has 0 aromatic heterocycles. The Hall–Kier alpha value is -1.50. The molecule has 0 fully saturated rings. The van der Waals surface area contributed by atoms with Gasteiger partial charge in [-0.05, 0) is 17.7 Å². The molecule has 1 aromatic carbocycles. The van der Waals surface area contributed by atoms with Crippen molar-refractivity contribution < 1.29 is 24.1 Å². The van der Waals surface area contributed by atoms with Crippen LogP contribution in [0.1, 0.15) is 11.6 Å². The van der Waals surface area contributed by atoms with Crippen LogP contribution in [0.25, 0.3) is 0 Å². The Labute approximate surface area is 119 Å². The molecule has 0 heterocycles. The first-order valence-corrected chi connectivity index (χ1v) is 6.34. The minimum atomic E-state index is -0.223. The number of aliphatic hydroxyl groups excluding tert-OH is 1. The van der Waals surface area contributed by atoms with Crippen LogP contribution >= 0.6 is 0 Å². The van der Waals surface area contributed by atoms with E-state index in [1.54, 1.807) is 28.4 Å². The van der Waals surface area contributed by atoms with Gasteiger partial charge in [-0.2, -0.15) is 0 Å². The van der Waals surface area contributed by atoms with Gasteiger partial charge >= 0.3 is 0 Å². The van der Waals surface area contributed by atoms with Crippen molar-refractivity contribution in [2.24, 2.45) is 0 Å². The van der Waals surface area contributed by atoms with Crippen LogP contribution in [0.5, 0.6) is 17.2 Å². The van der Waals surface area contributed by atoms with E-state index in [1.807, 2.05) is 12.1 Å². The van der Waals surface area contributed by atoms with Gasteiger partial charge in [-0.15, -0.1) is 0 Å². The second kappa shape index (κ2) is 8.63. The minimum absolute atomic E-state index is 0.0393. The topological polar surface area (TPSA) is 69.2 Å². The number of hydrogen-bond donors (Lipinski definition) is 2. The highest BCUT2D eigenvalue weighted by molar-refractivity contribution is 5.54. The maximum atomic E-state index is 9.52. The van der Waals surface area contributed by atoms with E-state index < -0.39 is 0 Å². The second-order valence-electron chi connectivity index (χ2n) is 4.14. The molecule has 114 valence electrons. The van der Waals surface area contributed by atoms with Gasteiger partial charge in [-0.25, -0.2) is 0 Å². The highest BCUT2D eigenvalue weighted by Crippen LogP contribution is 2.39. The van der Waals surface area contributed by atoms with Crippen molar-refractivity contribution in [3.05, 3.63) is 17.7 Å². The lowest BCUT2D eigenvalue weighted by molar-refractivity contribution is 0.184. The maximum Gasteiger partial charge on any atom is 0.203 e. The highest BCUT2D eigenvalue weighted by atomic mass is 16.5. The summed E-state index contributed by atoms with van der Waals surface area (Å²) in [7, 11) is 6.32. The zero-order valence-electron chi connectivity index (χ0n) is 12.4. The quantitative estimate of drug-likeness (QED) is 0.659. The number of hydrogen-bond acceptors (Lipinski definition) is 6. The number of rotatable bonds is 9. The number of ether oxygens (including phenoxy) is 4. The normalized spacial score (nSPS) is 12.1. The third-order valence-corrected chi connectivity index (χ3v) is 2.97. The Kier molecular flexibility index (Phi) is 7.14. The summed E-state index contributed by atoms with van der Waals surface area (Å²) in [6.07, 6.45) is 0. The van der Waals surface area contributed by atoms with Crippen molar-refractivity contribution in [3.8, 4) is 17.2 Å². The Morgan fingerprint density at radius 1 is 1.05 bits per heavy atom. The average Bonchev–Trinajstić information content (AvgIpc) is 2.50. The van der Waals surface area contributed by atoms with E-state index in [9.17, 15) is 5.11 Å². The van der Waals surface area contributed by atoms with E-state index in [0.29, 0.717) is 30.4 Å². The van der Waals surface area contributed by atoms with Gasteiger partial charge in [-0.3, -0.25) is 0 Å². The first-order valence-electron chi connectivity index (χ1n) is 6.34. The van der Waals surface area contributed by atoms with E-state index in [-0.39, 0.29) is 12.6 Å². The van der Waals surface area contributed by atoms with Crippen LogP contribution in [0.15, 0.2) is 12.1 Å². The Bertz CT molecular complexity index is 386. The summed E-state index contributed by atoms with van der Waals surface area (Å²) in [6, 6.07) is 3.42. The predicted molar refractivity (Wildman–Crippen MR) is 75.8 cm³/mol. The molecule has 1 rings (SSSR count). The second-order valence-corrected chi connectivity index (χ2v) is 4.14.